The minimum absolute atomic E-state index is 0.248. The Labute approximate surface area is 65.7 Å². The third kappa shape index (κ3) is 7.91. The van der Waals surface area contributed by atoms with Crippen LogP contribution in [-0.2, 0) is 9.24 Å². The molecule has 0 saturated carbocycles. The van der Waals surface area contributed by atoms with Crippen molar-refractivity contribution in [2.75, 3.05) is 0 Å². The summed E-state index contributed by atoms with van der Waals surface area (Å²) in [7, 11) is 1.10. The summed E-state index contributed by atoms with van der Waals surface area (Å²) >= 11 is 0. The first-order valence-electron chi connectivity index (χ1n) is 2.72. The van der Waals surface area contributed by atoms with Gasteiger partial charge in [0.1, 0.15) is 0 Å². The smallest absolute Gasteiger partial charge is 0.187 e. The average molecular weight is 184 g/mol. The van der Waals surface area contributed by atoms with Crippen LogP contribution in [0.15, 0.2) is 4.40 Å². The highest BCUT2D eigenvalue weighted by Gasteiger charge is 2.07. The van der Waals surface area contributed by atoms with Gasteiger partial charge in [-0.15, -0.1) is 0 Å². The zero-order valence-corrected chi connectivity index (χ0v) is 7.70. The topological polar surface area (TPSA) is 46.5 Å². The number of nitrogens with zero attached hydrogens (tertiary/aromatic N) is 1. The van der Waals surface area contributed by atoms with Gasteiger partial charge in [0.25, 0.3) is 0 Å². The molecule has 0 heterocycles. The third-order valence-corrected chi connectivity index (χ3v) is 1.16. The second kappa shape index (κ2) is 2.88. The SMILES string of the molecule is CC(C)(C)/C=N/S(=O)(=O)Cl. The quantitative estimate of drug-likeness (QED) is 0.458. The van der Waals surface area contributed by atoms with E-state index < -0.39 is 9.24 Å². The Morgan fingerprint density at radius 2 is 1.80 bits per heavy atom. The normalized spacial score (nSPS) is 14.4. The van der Waals surface area contributed by atoms with E-state index in [2.05, 4.69) is 4.40 Å². The van der Waals surface area contributed by atoms with Crippen LogP contribution < -0.4 is 0 Å². The predicted molar refractivity (Wildman–Crippen MR) is 42.7 cm³/mol. The van der Waals surface area contributed by atoms with E-state index in [0.29, 0.717) is 0 Å². The van der Waals surface area contributed by atoms with E-state index in [4.69, 9.17) is 10.7 Å². The van der Waals surface area contributed by atoms with Gasteiger partial charge in [0.05, 0.1) is 0 Å². The van der Waals surface area contributed by atoms with Crippen LogP contribution in [-0.4, -0.2) is 14.6 Å². The lowest BCUT2D eigenvalue weighted by Crippen LogP contribution is -2.06. The van der Waals surface area contributed by atoms with Crippen molar-refractivity contribution in [1.82, 2.24) is 0 Å². The van der Waals surface area contributed by atoms with Crippen molar-refractivity contribution in [3.63, 3.8) is 0 Å². The summed E-state index contributed by atoms with van der Waals surface area (Å²) < 4.78 is 23.6. The van der Waals surface area contributed by atoms with Gasteiger partial charge in [0, 0.05) is 16.9 Å². The lowest BCUT2D eigenvalue weighted by Gasteiger charge is -2.08. The van der Waals surface area contributed by atoms with E-state index in [1.807, 2.05) is 20.8 Å². The largest absolute Gasteiger partial charge is 0.339 e. The molecule has 0 atom stereocenters. The molecule has 0 aliphatic heterocycles. The highest BCUT2D eigenvalue weighted by Crippen LogP contribution is 2.10. The molecule has 60 valence electrons. The predicted octanol–water partition coefficient (Wildman–Crippen LogP) is 1.59. The maximum absolute atomic E-state index is 10.2. The number of rotatable bonds is 1. The van der Waals surface area contributed by atoms with Crippen LogP contribution in [0.5, 0.6) is 0 Å². The summed E-state index contributed by atoms with van der Waals surface area (Å²) in [6, 6.07) is 0. The molecule has 0 bridgehead atoms. The summed E-state index contributed by atoms with van der Waals surface area (Å²) in [5.74, 6) is 0. The molecule has 0 N–H and O–H groups in total. The van der Waals surface area contributed by atoms with Gasteiger partial charge in [-0.3, -0.25) is 0 Å². The van der Waals surface area contributed by atoms with E-state index in [0.717, 1.165) is 0 Å². The Kier molecular flexibility index (Phi) is 2.86. The monoisotopic (exact) mass is 183 g/mol. The summed E-state index contributed by atoms with van der Waals surface area (Å²) in [6.45, 7) is 5.50. The van der Waals surface area contributed by atoms with Crippen LogP contribution in [0.2, 0.25) is 0 Å². The molecule has 0 radical (unpaired) electrons. The molecular weight excluding hydrogens is 174 g/mol. The van der Waals surface area contributed by atoms with Gasteiger partial charge in [0.2, 0.25) is 0 Å². The Morgan fingerprint density at radius 3 is 1.90 bits per heavy atom. The zero-order valence-electron chi connectivity index (χ0n) is 6.13. The van der Waals surface area contributed by atoms with Crippen molar-refractivity contribution in [1.29, 1.82) is 0 Å². The van der Waals surface area contributed by atoms with Crippen molar-refractivity contribution in [2.45, 2.75) is 20.8 Å². The molecule has 0 aromatic rings. The van der Waals surface area contributed by atoms with Gasteiger partial charge in [-0.25, -0.2) is 0 Å². The molecule has 0 saturated heterocycles. The fourth-order valence-corrected chi connectivity index (χ4v) is 0.783. The second-order valence-electron chi connectivity index (χ2n) is 3.01. The van der Waals surface area contributed by atoms with Gasteiger partial charge in [-0.2, -0.15) is 12.8 Å². The highest BCUT2D eigenvalue weighted by atomic mass is 35.7. The Morgan fingerprint density at radius 1 is 1.40 bits per heavy atom. The van der Waals surface area contributed by atoms with Crippen LogP contribution in [0, 0.1) is 5.41 Å². The number of hydrogen-bond donors (Lipinski definition) is 0. The van der Waals surface area contributed by atoms with Crippen LogP contribution in [0.4, 0.5) is 0 Å². The standard InChI is InChI=1S/C5H10ClNO2S/c1-5(2,3)4-7-10(6,8)9/h4H,1-3H3/b7-4+. The molecule has 0 aliphatic carbocycles. The Bertz CT molecular complexity index is 225. The van der Waals surface area contributed by atoms with Crippen molar-refractivity contribution >= 4 is 26.1 Å². The summed E-state index contributed by atoms with van der Waals surface area (Å²) in [6.07, 6.45) is 1.30. The Balaban J connectivity index is 4.31. The van der Waals surface area contributed by atoms with Crippen LogP contribution in [0.25, 0.3) is 0 Å². The average Bonchev–Trinajstić information content (AvgIpc) is 1.57. The number of hydrogen-bond acceptors (Lipinski definition) is 2. The van der Waals surface area contributed by atoms with Crippen LogP contribution >= 0.6 is 10.7 Å². The first-order valence-corrected chi connectivity index (χ1v) is 4.98. The molecular formula is C5H10ClNO2S. The summed E-state index contributed by atoms with van der Waals surface area (Å²) in [5, 5.41) is 0. The van der Waals surface area contributed by atoms with Crippen molar-refractivity contribution in [3.05, 3.63) is 0 Å². The highest BCUT2D eigenvalue weighted by molar-refractivity contribution is 8.12. The molecule has 0 aromatic heterocycles. The molecule has 5 heteroatoms. The fraction of sp³-hybridized carbons (Fsp3) is 0.800. The van der Waals surface area contributed by atoms with Crippen molar-refractivity contribution < 1.29 is 8.42 Å². The summed E-state index contributed by atoms with van der Waals surface area (Å²) in [4.78, 5) is 0. The van der Waals surface area contributed by atoms with Gasteiger partial charge >= 0.3 is 9.24 Å². The number of halogens is 1. The zero-order chi connectivity index (χ0) is 8.41. The van der Waals surface area contributed by atoms with E-state index in [-0.39, 0.29) is 5.41 Å². The van der Waals surface area contributed by atoms with Gasteiger partial charge in [0.15, 0.2) is 0 Å². The second-order valence-corrected chi connectivity index (χ2v) is 5.22. The van der Waals surface area contributed by atoms with E-state index in [9.17, 15) is 8.42 Å². The molecule has 0 spiro atoms. The van der Waals surface area contributed by atoms with Gasteiger partial charge in [-0.1, -0.05) is 20.8 Å². The minimum atomic E-state index is -3.72. The van der Waals surface area contributed by atoms with Crippen molar-refractivity contribution in [2.24, 2.45) is 9.81 Å². The molecule has 0 aromatic carbocycles. The first kappa shape index (κ1) is 9.91. The van der Waals surface area contributed by atoms with Gasteiger partial charge < -0.3 is 0 Å². The lowest BCUT2D eigenvalue weighted by molar-refractivity contribution is 0.598. The van der Waals surface area contributed by atoms with E-state index >= 15 is 0 Å². The summed E-state index contributed by atoms with van der Waals surface area (Å²) in [5.41, 5.74) is -0.248. The molecule has 3 nitrogen and oxygen atoms in total. The molecule has 0 aliphatic rings. The fourth-order valence-electron chi connectivity index (χ4n) is 0.221. The molecule has 0 amide bonds. The minimum Gasteiger partial charge on any atom is -0.187 e. The van der Waals surface area contributed by atoms with Crippen LogP contribution in [0.1, 0.15) is 20.8 Å². The third-order valence-electron chi connectivity index (χ3n) is 0.566. The molecule has 0 rings (SSSR count). The maximum Gasteiger partial charge on any atom is 0.339 e. The molecule has 0 unspecified atom stereocenters. The van der Waals surface area contributed by atoms with Gasteiger partial charge in [-0.05, 0) is 5.41 Å². The van der Waals surface area contributed by atoms with E-state index in [1.54, 1.807) is 0 Å². The lowest BCUT2D eigenvalue weighted by atomic mass is 10.00. The van der Waals surface area contributed by atoms with Crippen molar-refractivity contribution in [3.8, 4) is 0 Å². The maximum atomic E-state index is 10.2. The molecule has 10 heavy (non-hydrogen) atoms. The van der Waals surface area contributed by atoms with E-state index in [1.165, 1.54) is 6.21 Å². The van der Waals surface area contributed by atoms with Crippen LogP contribution in [0.3, 0.4) is 0 Å². The first-order chi connectivity index (χ1) is 4.21. The molecule has 0 fully saturated rings. The Hall–Kier alpha value is -0.0900.